The molecule has 11 heavy (non-hydrogen) atoms. The first-order chi connectivity index (χ1) is 5.13. The summed E-state index contributed by atoms with van der Waals surface area (Å²) in [6.07, 6.45) is 2.53. The zero-order valence-corrected chi connectivity index (χ0v) is 7.64. The Morgan fingerprint density at radius 3 is 2.27 bits per heavy atom. The Morgan fingerprint density at radius 1 is 1.45 bits per heavy atom. The molecule has 2 heteroatoms. The highest BCUT2D eigenvalue weighted by molar-refractivity contribution is 6.12. The van der Waals surface area contributed by atoms with Crippen LogP contribution in [-0.2, 0) is 4.79 Å². The van der Waals surface area contributed by atoms with Gasteiger partial charge in [0.2, 0.25) is 0 Å². The van der Waals surface area contributed by atoms with Gasteiger partial charge in [-0.15, -0.1) is 0 Å². The van der Waals surface area contributed by atoms with E-state index >= 15 is 0 Å². The van der Waals surface area contributed by atoms with Crippen LogP contribution in [0, 0.1) is 0 Å². The number of nitrogens with zero attached hydrogens (tertiary/aromatic N) is 1. The molecule has 0 heterocycles. The van der Waals surface area contributed by atoms with Crippen molar-refractivity contribution in [2.24, 2.45) is 4.99 Å². The molecule has 0 unspecified atom stereocenters. The van der Waals surface area contributed by atoms with Crippen LogP contribution in [0.15, 0.2) is 16.1 Å². The van der Waals surface area contributed by atoms with Crippen molar-refractivity contribution < 1.29 is 4.79 Å². The maximum Gasteiger partial charge on any atom is 0.161 e. The molecule has 0 rings (SSSR count). The first-order valence-electron chi connectivity index (χ1n) is 3.76. The Kier molecular flexibility index (Phi) is 4.42. The highest BCUT2D eigenvalue weighted by Crippen LogP contribution is 2.06. The van der Waals surface area contributed by atoms with E-state index in [-0.39, 0.29) is 5.78 Å². The molecule has 0 bridgehead atoms. The Balaban J connectivity index is 4.72. The quantitative estimate of drug-likeness (QED) is 0.450. The average molecular weight is 153 g/mol. The van der Waals surface area contributed by atoms with Gasteiger partial charge in [0.15, 0.2) is 5.78 Å². The van der Waals surface area contributed by atoms with E-state index in [0.29, 0.717) is 0 Å². The molecule has 0 aliphatic heterocycles. The van der Waals surface area contributed by atoms with E-state index in [9.17, 15) is 4.79 Å². The standard InChI is InChI=1S/C9H15NO/c1-5-7(2)9(6-10-4)8(3)11/h6H,5H2,1-4H3/b9-7-,10-6?. The van der Waals surface area contributed by atoms with E-state index in [1.807, 2.05) is 13.8 Å². The Labute approximate surface area is 68.0 Å². The summed E-state index contributed by atoms with van der Waals surface area (Å²) in [6.45, 7) is 5.55. The summed E-state index contributed by atoms with van der Waals surface area (Å²) in [7, 11) is 1.67. The van der Waals surface area contributed by atoms with Crippen LogP contribution in [0.5, 0.6) is 0 Å². The number of ketones is 1. The number of hydrogen-bond acceptors (Lipinski definition) is 2. The second-order valence-electron chi connectivity index (χ2n) is 2.49. The predicted molar refractivity (Wildman–Crippen MR) is 48.1 cm³/mol. The molecule has 0 aromatic rings. The third-order valence-corrected chi connectivity index (χ3v) is 1.63. The average Bonchev–Trinajstić information content (AvgIpc) is 1.98. The zero-order chi connectivity index (χ0) is 8.85. The summed E-state index contributed by atoms with van der Waals surface area (Å²) in [5.41, 5.74) is 1.85. The van der Waals surface area contributed by atoms with Gasteiger partial charge in [-0.2, -0.15) is 0 Å². The molecule has 0 saturated carbocycles. The minimum Gasteiger partial charge on any atom is -0.296 e. The number of allylic oxidation sites excluding steroid dienone is 2. The van der Waals surface area contributed by atoms with Crippen molar-refractivity contribution >= 4 is 12.0 Å². The number of rotatable bonds is 3. The molecule has 0 amide bonds. The van der Waals surface area contributed by atoms with Crippen LogP contribution in [0.25, 0.3) is 0 Å². The van der Waals surface area contributed by atoms with Crippen molar-refractivity contribution in [3.63, 3.8) is 0 Å². The fourth-order valence-electron chi connectivity index (χ4n) is 0.821. The molecule has 62 valence electrons. The highest BCUT2D eigenvalue weighted by atomic mass is 16.1. The van der Waals surface area contributed by atoms with E-state index in [1.54, 1.807) is 20.2 Å². The monoisotopic (exact) mass is 153 g/mol. The Hall–Kier alpha value is -0.920. The molecule has 0 aromatic heterocycles. The van der Waals surface area contributed by atoms with E-state index in [1.165, 1.54) is 0 Å². The lowest BCUT2D eigenvalue weighted by Crippen LogP contribution is -2.01. The van der Waals surface area contributed by atoms with Gasteiger partial charge in [0.1, 0.15) is 0 Å². The molecular formula is C9H15NO. The van der Waals surface area contributed by atoms with Crippen LogP contribution >= 0.6 is 0 Å². The summed E-state index contributed by atoms with van der Waals surface area (Å²) in [4.78, 5) is 14.8. The van der Waals surface area contributed by atoms with Crippen molar-refractivity contribution in [1.29, 1.82) is 0 Å². The van der Waals surface area contributed by atoms with Crippen LogP contribution in [0.2, 0.25) is 0 Å². The maximum absolute atomic E-state index is 11.0. The number of carbonyl (C=O) groups excluding carboxylic acids is 1. The second kappa shape index (κ2) is 4.83. The minimum absolute atomic E-state index is 0.0925. The molecule has 0 fully saturated rings. The SMILES string of the molecule is CC/C(C)=C(/C=NC)C(C)=O. The normalized spacial score (nSPS) is 13.5. The van der Waals surface area contributed by atoms with Gasteiger partial charge in [0, 0.05) is 18.8 Å². The summed E-state index contributed by atoms with van der Waals surface area (Å²) < 4.78 is 0. The molecule has 0 aliphatic carbocycles. The molecule has 0 atom stereocenters. The van der Waals surface area contributed by atoms with Crippen molar-refractivity contribution in [2.75, 3.05) is 7.05 Å². The number of hydrogen-bond donors (Lipinski definition) is 0. The Bertz CT molecular complexity index is 202. The minimum atomic E-state index is 0.0925. The molecule has 2 nitrogen and oxygen atoms in total. The van der Waals surface area contributed by atoms with Crippen LogP contribution < -0.4 is 0 Å². The maximum atomic E-state index is 11.0. The largest absolute Gasteiger partial charge is 0.296 e. The summed E-state index contributed by atoms with van der Waals surface area (Å²) in [5, 5.41) is 0. The molecule has 0 N–H and O–H groups in total. The van der Waals surface area contributed by atoms with Crippen molar-refractivity contribution in [3.8, 4) is 0 Å². The van der Waals surface area contributed by atoms with Crippen LogP contribution in [0.4, 0.5) is 0 Å². The summed E-state index contributed by atoms with van der Waals surface area (Å²) >= 11 is 0. The lowest BCUT2D eigenvalue weighted by atomic mass is 10.1. The first-order valence-corrected chi connectivity index (χ1v) is 3.76. The topological polar surface area (TPSA) is 29.4 Å². The predicted octanol–water partition coefficient (Wildman–Crippen LogP) is 2.00. The molecule has 0 radical (unpaired) electrons. The number of Topliss-reactive ketones (excluding diaryl/α,β-unsaturated/α-hetero) is 1. The third kappa shape index (κ3) is 3.12. The zero-order valence-electron chi connectivity index (χ0n) is 7.64. The summed E-state index contributed by atoms with van der Waals surface area (Å²) in [5.74, 6) is 0.0925. The van der Waals surface area contributed by atoms with Gasteiger partial charge in [-0.25, -0.2) is 0 Å². The highest BCUT2D eigenvalue weighted by Gasteiger charge is 2.02. The van der Waals surface area contributed by atoms with E-state index in [4.69, 9.17) is 0 Å². The van der Waals surface area contributed by atoms with Gasteiger partial charge in [0.25, 0.3) is 0 Å². The third-order valence-electron chi connectivity index (χ3n) is 1.63. The second-order valence-corrected chi connectivity index (χ2v) is 2.49. The fourth-order valence-corrected chi connectivity index (χ4v) is 0.821. The van der Waals surface area contributed by atoms with Crippen LogP contribution in [0.1, 0.15) is 27.2 Å². The van der Waals surface area contributed by atoms with Gasteiger partial charge in [-0.1, -0.05) is 12.5 Å². The Morgan fingerprint density at radius 2 is 2.00 bits per heavy atom. The molecule has 0 saturated heterocycles. The lowest BCUT2D eigenvalue weighted by molar-refractivity contribution is -0.113. The molecule has 0 aliphatic rings. The number of aliphatic imine (C=N–C) groups is 1. The first kappa shape index (κ1) is 10.1. The van der Waals surface area contributed by atoms with Crippen molar-refractivity contribution in [1.82, 2.24) is 0 Å². The molecular weight excluding hydrogens is 138 g/mol. The molecule has 0 spiro atoms. The van der Waals surface area contributed by atoms with Gasteiger partial charge in [-0.05, 0) is 20.3 Å². The lowest BCUT2D eigenvalue weighted by Gasteiger charge is -2.00. The number of carbonyl (C=O) groups is 1. The molecule has 0 aromatic carbocycles. The van der Waals surface area contributed by atoms with Gasteiger partial charge >= 0.3 is 0 Å². The van der Waals surface area contributed by atoms with Crippen LogP contribution in [-0.4, -0.2) is 19.0 Å². The van der Waals surface area contributed by atoms with Gasteiger partial charge in [0.05, 0.1) is 0 Å². The smallest absolute Gasteiger partial charge is 0.161 e. The summed E-state index contributed by atoms with van der Waals surface area (Å²) in [6, 6.07) is 0. The van der Waals surface area contributed by atoms with E-state index in [2.05, 4.69) is 4.99 Å². The fraction of sp³-hybridized carbons (Fsp3) is 0.556. The van der Waals surface area contributed by atoms with Gasteiger partial charge < -0.3 is 0 Å². The van der Waals surface area contributed by atoms with Crippen molar-refractivity contribution in [2.45, 2.75) is 27.2 Å². The van der Waals surface area contributed by atoms with E-state index < -0.39 is 0 Å². The van der Waals surface area contributed by atoms with Crippen molar-refractivity contribution in [3.05, 3.63) is 11.1 Å². The van der Waals surface area contributed by atoms with Crippen LogP contribution in [0.3, 0.4) is 0 Å². The van der Waals surface area contributed by atoms with Gasteiger partial charge in [-0.3, -0.25) is 9.79 Å². The van der Waals surface area contributed by atoms with E-state index in [0.717, 1.165) is 17.6 Å².